The van der Waals surface area contributed by atoms with Crippen molar-refractivity contribution in [3.63, 3.8) is 0 Å². The fraction of sp³-hybridized carbons (Fsp3) is 0.529. The molecule has 1 aliphatic heterocycles. The third-order valence-corrected chi connectivity index (χ3v) is 4.07. The summed E-state index contributed by atoms with van der Waals surface area (Å²) in [5, 5.41) is 3.58. The standard InChI is InChI=1S/C17H24N4O.ClH/c1-3-22-17-16(19-14-9-4-5-10-15(14)20-17)21(2)12-13-8-6-7-11-18-13;/h4-5,9-10,13,18H,3,6-8,11-12H2,1-2H3;1H. The zero-order chi connectivity index (χ0) is 15.4. The van der Waals surface area contributed by atoms with E-state index in [-0.39, 0.29) is 12.4 Å². The van der Waals surface area contributed by atoms with E-state index in [2.05, 4.69) is 22.2 Å². The number of likely N-dealkylation sites (N-methyl/N-ethyl adjacent to an activating group) is 1. The van der Waals surface area contributed by atoms with Gasteiger partial charge in [-0.2, -0.15) is 0 Å². The molecule has 0 spiro atoms. The van der Waals surface area contributed by atoms with Gasteiger partial charge in [0.2, 0.25) is 0 Å². The third kappa shape index (κ3) is 4.24. The summed E-state index contributed by atoms with van der Waals surface area (Å²) in [6.45, 7) is 4.60. The molecular formula is C17H25ClN4O. The predicted octanol–water partition coefficient (Wildman–Crippen LogP) is 3.03. The number of rotatable bonds is 5. The maximum absolute atomic E-state index is 5.72. The molecule has 0 radical (unpaired) electrons. The number of hydrogen-bond acceptors (Lipinski definition) is 5. The van der Waals surface area contributed by atoms with Gasteiger partial charge < -0.3 is 15.0 Å². The van der Waals surface area contributed by atoms with Crippen LogP contribution in [0.3, 0.4) is 0 Å². The molecule has 1 fully saturated rings. The van der Waals surface area contributed by atoms with Crippen LogP contribution in [0.15, 0.2) is 24.3 Å². The Bertz CT molecular complexity index is 631. The van der Waals surface area contributed by atoms with E-state index in [4.69, 9.17) is 9.72 Å². The Morgan fingerprint density at radius 2 is 1.96 bits per heavy atom. The molecule has 1 aromatic heterocycles. The van der Waals surface area contributed by atoms with E-state index in [1.165, 1.54) is 19.3 Å². The van der Waals surface area contributed by atoms with E-state index >= 15 is 0 Å². The van der Waals surface area contributed by atoms with Crippen LogP contribution in [0.1, 0.15) is 26.2 Å². The first-order valence-electron chi connectivity index (χ1n) is 8.12. The minimum Gasteiger partial charge on any atom is -0.475 e. The van der Waals surface area contributed by atoms with Gasteiger partial charge >= 0.3 is 0 Å². The topological polar surface area (TPSA) is 50.3 Å². The number of para-hydroxylation sites is 2. The number of anilines is 1. The molecule has 1 aliphatic rings. The number of hydrogen-bond donors (Lipinski definition) is 1. The summed E-state index contributed by atoms with van der Waals surface area (Å²) in [6.07, 6.45) is 3.79. The van der Waals surface area contributed by atoms with E-state index in [0.29, 0.717) is 18.5 Å². The van der Waals surface area contributed by atoms with Crippen molar-refractivity contribution in [1.29, 1.82) is 0 Å². The molecule has 126 valence electrons. The monoisotopic (exact) mass is 336 g/mol. The fourth-order valence-corrected chi connectivity index (χ4v) is 2.95. The van der Waals surface area contributed by atoms with E-state index in [1.807, 2.05) is 31.2 Å². The van der Waals surface area contributed by atoms with Gasteiger partial charge in [0.1, 0.15) is 0 Å². The quantitative estimate of drug-likeness (QED) is 0.909. The van der Waals surface area contributed by atoms with Gasteiger partial charge in [-0.3, -0.25) is 0 Å². The maximum atomic E-state index is 5.72. The molecule has 2 heterocycles. The molecule has 0 amide bonds. The lowest BCUT2D eigenvalue weighted by Crippen LogP contribution is -2.42. The molecule has 23 heavy (non-hydrogen) atoms. The average molecular weight is 337 g/mol. The number of fused-ring (bicyclic) bond motifs is 1. The van der Waals surface area contributed by atoms with Crippen LogP contribution in [-0.2, 0) is 0 Å². The molecule has 1 saturated heterocycles. The Labute approximate surface area is 143 Å². The molecule has 0 bridgehead atoms. The lowest BCUT2D eigenvalue weighted by Gasteiger charge is -2.29. The second kappa shape index (κ2) is 8.31. The van der Waals surface area contributed by atoms with Gasteiger partial charge in [0.25, 0.3) is 5.88 Å². The van der Waals surface area contributed by atoms with Crippen LogP contribution in [-0.4, -0.2) is 42.8 Å². The molecule has 3 rings (SSSR count). The Balaban J connectivity index is 0.00000192. The predicted molar refractivity (Wildman–Crippen MR) is 96.9 cm³/mol. The first-order chi connectivity index (χ1) is 10.8. The first kappa shape index (κ1) is 17.8. The van der Waals surface area contributed by atoms with Crippen LogP contribution >= 0.6 is 12.4 Å². The molecule has 6 heteroatoms. The minimum absolute atomic E-state index is 0. The summed E-state index contributed by atoms with van der Waals surface area (Å²) in [5.74, 6) is 1.45. The van der Waals surface area contributed by atoms with Gasteiger partial charge in [-0.25, -0.2) is 9.97 Å². The zero-order valence-electron chi connectivity index (χ0n) is 13.8. The van der Waals surface area contributed by atoms with Crippen molar-refractivity contribution in [2.75, 3.05) is 31.6 Å². The fourth-order valence-electron chi connectivity index (χ4n) is 2.95. The number of halogens is 1. The van der Waals surface area contributed by atoms with Crippen molar-refractivity contribution in [3.05, 3.63) is 24.3 Å². The molecule has 1 atom stereocenters. The smallest absolute Gasteiger partial charge is 0.258 e. The summed E-state index contributed by atoms with van der Waals surface area (Å²) in [6, 6.07) is 8.44. The van der Waals surface area contributed by atoms with Crippen LogP contribution in [0.25, 0.3) is 11.0 Å². The van der Waals surface area contributed by atoms with Gasteiger partial charge in [-0.05, 0) is 38.4 Å². The first-order valence-corrected chi connectivity index (χ1v) is 8.12. The second-order valence-electron chi connectivity index (χ2n) is 5.80. The molecular weight excluding hydrogens is 312 g/mol. The Kier molecular flexibility index (Phi) is 6.42. The Morgan fingerprint density at radius 1 is 1.22 bits per heavy atom. The largest absolute Gasteiger partial charge is 0.475 e. The highest BCUT2D eigenvalue weighted by atomic mass is 35.5. The second-order valence-corrected chi connectivity index (χ2v) is 5.80. The molecule has 0 aliphatic carbocycles. The van der Waals surface area contributed by atoms with Gasteiger partial charge in [-0.1, -0.05) is 18.6 Å². The summed E-state index contributed by atoms with van der Waals surface area (Å²) >= 11 is 0. The van der Waals surface area contributed by atoms with E-state index in [9.17, 15) is 0 Å². The van der Waals surface area contributed by atoms with Gasteiger partial charge in [0.15, 0.2) is 5.82 Å². The number of aromatic nitrogens is 2. The van der Waals surface area contributed by atoms with Crippen LogP contribution in [0.5, 0.6) is 5.88 Å². The number of piperidine rings is 1. The summed E-state index contributed by atoms with van der Waals surface area (Å²) < 4.78 is 5.72. The van der Waals surface area contributed by atoms with E-state index in [0.717, 1.165) is 29.9 Å². The van der Waals surface area contributed by atoms with Gasteiger partial charge in [0.05, 0.1) is 17.6 Å². The SMILES string of the molecule is CCOc1nc2ccccc2nc1N(C)CC1CCCCN1.Cl. The molecule has 0 saturated carbocycles. The zero-order valence-corrected chi connectivity index (χ0v) is 14.6. The van der Waals surface area contributed by atoms with Crippen molar-refractivity contribution < 1.29 is 4.74 Å². The average Bonchev–Trinajstić information content (AvgIpc) is 2.55. The number of ether oxygens (including phenoxy) is 1. The van der Waals surface area contributed by atoms with Crippen molar-refractivity contribution in [2.24, 2.45) is 0 Å². The molecule has 1 unspecified atom stereocenters. The van der Waals surface area contributed by atoms with Crippen LogP contribution < -0.4 is 15.0 Å². The number of nitrogens with zero attached hydrogens (tertiary/aromatic N) is 3. The highest BCUT2D eigenvalue weighted by molar-refractivity contribution is 5.85. The van der Waals surface area contributed by atoms with Crippen LogP contribution in [0.4, 0.5) is 5.82 Å². The number of nitrogens with one attached hydrogen (secondary N) is 1. The summed E-state index contributed by atoms with van der Waals surface area (Å²) in [5.41, 5.74) is 1.78. The van der Waals surface area contributed by atoms with Crippen LogP contribution in [0, 0.1) is 0 Å². The molecule has 1 aromatic carbocycles. The summed E-state index contributed by atoms with van der Waals surface area (Å²) in [4.78, 5) is 11.6. The Hall–Kier alpha value is -1.59. The minimum atomic E-state index is 0. The van der Waals surface area contributed by atoms with E-state index < -0.39 is 0 Å². The van der Waals surface area contributed by atoms with Crippen molar-refractivity contribution in [1.82, 2.24) is 15.3 Å². The lowest BCUT2D eigenvalue weighted by molar-refractivity contribution is 0.326. The normalized spacial score (nSPS) is 17.6. The molecule has 1 N–H and O–H groups in total. The maximum Gasteiger partial charge on any atom is 0.258 e. The van der Waals surface area contributed by atoms with Crippen LogP contribution in [0.2, 0.25) is 0 Å². The highest BCUT2D eigenvalue weighted by Gasteiger charge is 2.19. The van der Waals surface area contributed by atoms with Crippen molar-refractivity contribution in [2.45, 2.75) is 32.2 Å². The van der Waals surface area contributed by atoms with Crippen molar-refractivity contribution in [3.8, 4) is 5.88 Å². The van der Waals surface area contributed by atoms with E-state index in [1.54, 1.807) is 0 Å². The number of benzene rings is 1. The van der Waals surface area contributed by atoms with Crippen molar-refractivity contribution >= 4 is 29.3 Å². The highest BCUT2D eigenvalue weighted by Crippen LogP contribution is 2.26. The summed E-state index contributed by atoms with van der Waals surface area (Å²) in [7, 11) is 2.07. The Morgan fingerprint density at radius 3 is 2.61 bits per heavy atom. The van der Waals surface area contributed by atoms with Gasteiger partial charge in [0, 0.05) is 19.6 Å². The van der Waals surface area contributed by atoms with Gasteiger partial charge in [-0.15, -0.1) is 12.4 Å². The third-order valence-electron chi connectivity index (χ3n) is 4.07. The lowest BCUT2D eigenvalue weighted by atomic mass is 10.0. The molecule has 2 aromatic rings. The molecule has 5 nitrogen and oxygen atoms in total.